The molecule has 3 heterocycles. The molecule has 1 fully saturated rings. The number of halogens is 1. The van der Waals surface area contributed by atoms with Crippen molar-refractivity contribution in [1.29, 1.82) is 0 Å². The van der Waals surface area contributed by atoms with Crippen molar-refractivity contribution in [3.63, 3.8) is 0 Å². The molecule has 0 radical (unpaired) electrons. The fourth-order valence-corrected chi connectivity index (χ4v) is 3.59. The number of hydrogen-bond donors (Lipinski definition) is 0. The van der Waals surface area contributed by atoms with Crippen LogP contribution in [0, 0.1) is 5.82 Å². The Balaban J connectivity index is 1.56. The van der Waals surface area contributed by atoms with Gasteiger partial charge in [0.05, 0.1) is 24.9 Å². The number of rotatable bonds is 4. The molecule has 1 aromatic carbocycles. The lowest BCUT2D eigenvalue weighted by Crippen LogP contribution is -2.51. The predicted molar refractivity (Wildman–Crippen MR) is 104 cm³/mol. The molecule has 1 aliphatic rings. The Hall–Kier alpha value is -3.29. The summed E-state index contributed by atoms with van der Waals surface area (Å²) in [7, 11) is 0. The van der Waals surface area contributed by atoms with Gasteiger partial charge in [-0.2, -0.15) is 0 Å². The van der Waals surface area contributed by atoms with Gasteiger partial charge in [0.15, 0.2) is 5.58 Å². The largest absolute Gasteiger partial charge is 0.463 e. The molecule has 0 N–H and O–H groups in total. The van der Waals surface area contributed by atoms with Crippen LogP contribution >= 0.6 is 0 Å². The van der Waals surface area contributed by atoms with Crippen molar-refractivity contribution >= 4 is 23.1 Å². The minimum Gasteiger partial charge on any atom is -0.463 e. The van der Waals surface area contributed by atoms with E-state index in [1.165, 1.54) is 6.07 Å². The number of aromatic nitrogens is 1. The maximum Gasteiger partial charge on any atom is 0.409 e. The van der Waals surface area contributed by atoms with E-state index in [0.29, 0.717) is 49.6 Å². The molecule has 0 spiro atoms. The molecule has 8 heteroatoms. The smallest absolute Gasteiger partial charge is 0.409 e. The minimum atomic E-state index is -0.361. The van der Waals surface area contributed by atoms with Crippen molar-refractivity contribution in [2.45, 2.75) is 13.5 Å². The Labute approximate surface area is 167 Å². The first-order valence-electron chi connectivity index (χ1n) is 9.59. The van der Waals surface area contributed by atoms with Crippen LogP contribution in [0.1, 0.15) is 23.0 Å². The van der Waals surface area contributed by atoms with Gasteiger partial charge in [-0.3, -0.25) is 4.79 Å². The van der Waals surface area contributed by atoms with E-state index in [4.69, 9.17) is 9.15 Å². The van der Waals surface area contributed by atoms with Crippen LogP contribution in [0.5, 0.6) is 0 Å². The van der Waals surface area contributed by atoms with Crippen LogP contribution in [0.25, 0.3) is 11.1 Å². The van der Waals surface area contributed by atoms with Crippen molar-refractivity contribution in [2.24, 2.45) is 0 Å². The highest BCUT2D eigenvalue weighted by molar-refractivity contribution is 5.97. The van der Waals surface area contributed by atoms with Gasteiger partial charge in [-0.25, -0.2) is 9.18 Å². The number of furan rings is 1. The highest BCUT2D eigenvalue weighted by atomic mass is 19.1. The van der Waals surface area contributed by atoms with Crippen LogP contribution in [0.2, 0.25) is 0 Å². The average Bonchev–Trinajstić information content (AvgIpc) is 3.32. The summed E-state index contributed by atoms with van der Waals surface area (Å²) in [6.45, 7) is 3.94. The molecule has 152 valence electrons. The van der Waals surface area contributed by atoms with E-state index < -0.39 is 0 Å². The third-order valence-corrected chi connectivity index (χ3v) is 5.12. The number of ether oxygens (including phenoxy) is 1. The normalized spacial score (nSPS) is 14.4. The summed E-state index contributed by atoms with van der Waals surface area (Å²) in [6.07, 6.45) is 1.19. The number of nitrogens with zero attached hydrogens (tertiary/aromatic N) is 3. The number of carbonyl (C=O) groups excluding carboxylic acids is 2. The van der Waals surface area contributed by atoms with Crippen LogP contribution in [-0.2, 0) is 11.3 Å². The third kappa shape index (κ3) is 3.70. The molecule has 29 heavy (non-hydrogen) atoms. The van der Waals surface area contributed by atoms with E-state index in [0.717, 1.165) is 5.52 Å². The van der Waals surface area contributed by atoms with Gasteiger partial charge >= 0.3 is 6.09 Å². The number of amides is 2. The molecule has 0 atom stereocenters. The average molecular weight is 399 g/mol. The van der Waals surface area contributed by atoms with E-state index in [2.05, 4.69) is 0 Å². The van der Waals surface area contributed by atoms with Gasteiger partial charge in [0, 0.05) is 43.9 Å². The van der Waals surface area contributed by atoms with Gasteiger partial charge in [-0.15, -0.1) is 0 Å². The van der Waals surface area contributed by atoms with Gasteiger partial charge in [0.2, 0.25) is 0 Å². The lowest BCUT2D eigenvalue weighted by atomic mass is 10.2. The van der Waals surface area contributed by atoms with Crippen LogP contribution in [0.4, 0.5) is 9.18 Å². The number of carbonyl (C=O) groups is 2. The predicted octanol–water partition coefficient (Wildman–Crippen LogP) is 3.34. The molecule has 0 saturated carbocycles. The summed E-state index contributed by atoms with van der Waals surface area (Å²) in [4.78, 5) is 28.4. The molecule has 2 amide bonds. The number of hydrogen-bond acceptors (Lipinski definition) is 4. The Morgan fingerprint density at radius 1 is 1.10 bits per heavy atom. The summed E-state index contributed by atoms with van der Waals surface area (Å²) in [5.41, 5.74) is 2.25. The quantitative estimate of drug-likeness (QED) is 0.675. The van der Waals surface area contributed by atoms with E-state index in [1.54, 1.807) is 57.9 Å². The Morgan fingerprint density at radius 3 is 2.55 bits per heavy atom. The molecule has 3 aromatic rings. The molecular weight excluding hydrogens is 377 g/mol. The fraction of sp³-hybridized carbons (Fsp3) is 0.333. The van der Waals surface area contributed by atoms with Gasteiger partial charge < -0.3 is 23.5 Å². The van der Waals surface area contributed by atoms with E-state index >= 15 is 0 Å². The summed E-state index contributed by atoms with van der Waals surface area (Å²) in [5.74, 6) is -0.490. The second kappa shape index (κ2) is 7.98. The zero-order valence-electron chi connectivity index (χ0n) is 16.1. The highest BCUT2D eigenvalue weighted by Gasteiger charge is 2.28. The zero-order valence-corrected chi connectivity index (χ0v) is 16.1. The summed E-state index contributed by atoms with van der Waals surface area (Å²) in [5, 5.41) is 0. The molecule has 4 rings (SSSR count). The number of fused-ring (bicyclic) bond motifs is 1. The van der Waals surface area contributed by atoms with E-state index in [-0.39, 0.29) is 24.4 Å². The van der Waals surface area contributed by atoms with Gasteiger partial charge in [-0.05, 0) is 13.0 Å². The Bertz CT molecular complexity index is 1030. The van der Waals surface area contributed by atoms with Gasteiger partial charge in [-0.1, -0.05) is 18.2 Å². The molecule has 1 saturated heterocycles. The van der Waals surface area contributed by atoms with Crippen molar-refractivity contribution in [3.8, 4) is 0 Å². The molecule has 2 aromatic heterocycles. The summed E-state index contributed by atoms with van der Waals surface area (Å²) >= 11 is 0. The lowest BCUT2D eigenvalue weighted by Gasteiger charge is -2.34. The molecule has 0 bridgehead atoms. The van der Waals surface area contributed by atoms with Crippen molar-refractivity contribution in [2.75, 3.05) is 32.8 Å². The lowest BCUT2D eigenvalue weighted by molar-refractivity contribution is 0.0563. The Kier molecular flexibility index (Phi) is 5.24. The topological polar surface area (TPSA) is 67.9 Å². The van der Waals surface area contributed by atoms with Crippen molar-refractivity contribution < 1.29 is 23.1 Å². The molecular formula is C21H22FN3O4. The molecule has 7 nitrogen and oxygen atoms in total. The second-order valence-corrected chi connectivity index (χ2v) is 6.86. The molecule has 0 unspecified atom stereocenters. The van der Waals surface area contributed by atoms with E-state index in [9.17, 15) is 14.0 Å². The fourth-order valence-electron chi connectivity index (χ4n) is 3.59. The summed E-state index contributed by atoms with van der Waals surface area (Å²) in [6, 6.07) is 9.97. The number of benzene rings is 1. The summed E-state index contributed by atoms with van der Waals surface area (Å²) < 4.78 is 26.5. The SMILES string of the molecule is CCOC(=O)N1CCN(C(=O)c2cc3occc3n2Cc2ccccc2F)CC1. The first-order chi connectivity index (χ1) is 14.1. The first kappa shape index (κ1) is 19.0. The van der Waals surface area contributed by atoms with Crippen LogP contribution in [0.3, 0.4) is 0 Å². The highest BCUT2D eigenvalue weighted by Crippen LogP contribution is 2.24. The second-order valence-electron chi connectivity index (χ2n) is 6.86. The van der Waals surface area contributed by atoms with Crippen LogP contribution in [0.15, 0.2) is 47.1 Å². The Morgan fingerprint density at radius 2 is 1.83 bits per heavy atom. The monoisotopic (exact) mass is 399 g/mol. The van der Waals surface area contributed by atoms with Crippen LogP contribution < -0.4 is 0 Å². The standard InChI is InChI=1S/C21H22FN3O4/c1-2-28-21(27)24-10-8-23(9-11-24)20(26)18-13-19-17(7-12-29-19)25(18)14-15-5-3-4-6-16(15)22/h3-7,12-13H,2,8-11,14H2,1H3. The maximum absolute atomic E-state index is 14.2. The number of piperazine rings is 1. The minimum absolute atomic E-state index is 0.170. The van der Waals surface area contributed by atoms with Crippen molar-refractivity contribution in [1.82, 2.24) is 14.4 Å². The van der Waals surface area contributed by atoms with E-state index in [1.807, 2.05) is 0 Å². The van der Waals surface area contributed by atoms with Gasteiger partial charge in [0.1, 0.15) is 11.5 Å². The molecule has 0 aliphatic carbocycles. The maximum atomic E-state index is 14.2. The third-order valence-electron chi connectivity index (χ3n) is 5.12. The van der Waals surface area contributed by atoms with Gasteiger partial charge in [0.25, 0.3) is 5.91 Å². The van der Waals surface area contributed by atoms with Crippen LogP contribution in [-0.4, -0.2) is 59.2 Å². The van der Waals surface area contributed by atoms with Crippen molar-refractivity contribution in [3.05, 3.63) is 59.7 Å². The first-order valence-corrected chi connectivity index (χ1v) is 9.59. The molecule has 1 aliphatic heterocycles. The zero-order chi connectivity index (χ0) is 20.4.